The standard InChI is InChI=1S/C19H25ClN4O/c1-2-18-21-9-12-24(18)13-15-7-10-23(11-8-15)14-19(25)22-17-5-3-16(20)4-6-17/h3-6,9,12,15H,2,7-8,10-11,13-14H2,1H3,(H,22,25). The number of aromatic nitrogens is 2. The van der Waals surface area contributed by atoms with Crippen LogP contribution in [0.2, 0.25) is 5.02 Å². The van der Waals surface area contributed by atoms with Crippen molar-refractivity contribution >= 4 is 23.2 Å². The summed E-state index contributed by atoms with van der Waals surface area (Å²) < 4.78 is 2.27. The first-order valence-corrected chi connectivity index (χ1v) is 9.29. The Morgan fingerprint density at radius 3 is 2.68 bits per heavy atom. The number of likely N-dealkylation sites (tertiary alicyclic amines) is 1. The molecule has 0 atom stereocenters. The zero-order valence-corrected chi connectivity index (χ0v) is 15.4. The maximum absolute atomic E-state index is 12.2. The number of nitrogens with one attached hydrogen (secondary N) is 1. The predicted molar refractivity (Wildman–Crippen MR) is 101 cm³/mol. The molecule has 0 aliphatic carbocycles. The number of benzene rings is 1. The molecule has 0 unspecified atom stereocenters. The highest BCUT2D eigenvalue weighted by Gasteiger charge is 2.21. The highest BCUT2D eigenvalue weighted by molar-refractivity contribution is 6.30. The van der Waals surface area contributed by atoms with Gasteiger partial charge in [-0.05, 0) is 56.1 Å². The van der Waals surface area contributed by atoms with Crippen LogP contribution in [0.4, 0.5) is 5.69 Å². The molecular weight excluding hydrogens is 336 g/mol. The van der Waals surface area contributed by atoms with E-state index in [1.807, 2.05) is 18.3 Å². The summed E-state index contributed by atoms with van der Waals surface area (Å²) in [6.45, 7) is 5.55. The number of hydrogen-bond acceptors (Lipinski definition) is 3. The highest BCUT2D eigenvalue weighted by Crippen LogP contribution is 2.20. The molecule has 0 bridgehead atoms. The molecule has 1 N–H and O–H groups in total. The normalized spacial score (nSPS) is 16.1. The van der Waals surface area contributed by atoms with Gasteiger partial charge in [-0.15, -0.1) is 0 Å². The van der Waals surface area contributed by atoms with Crippen molar-refractivity contribution in [2.75, 3.05) is 25.0 Å². The van der Waals surface area contributed by atoms with Crippen LogP contribution in [0, 0.1) is 5.92 Å². The molecule has 1 fully saturated rings. The van der Waals surface area contributed by atoms with Gasteiger partial charge in [-0.1, -0.05) is 18.5 Å². The minimum absolute atomic E-state index is 0.0312. The molecule has 1 aliphatic heterocycles. The van der Waals surface area contributed by atoms with Crippen molar-refractivity contribution in [3.8, 4) is 0 Å². The van der Waals surface area contributed by atoms with Crippen LogP contribution in [0.25, 0.3) is 0 Å². The van der Waals surface area contributed by atoms with Gasteiger partial charge in [0.15, 0.2) is 0 Å². The molecule has 1 aromatic carbocycles. The summed E-state index contributed by atoms with van der Waals surface area (Å²) in [5, 5.41) is 3.60. The van der Waals surface area contributed by atoms with Crippen LogP contribution in [-0.2, 0) is 17.8 Å². The van der Waals surface area contributed by atoms with Crippen LogP contribution in [0.1, 0.15) is 25.6 Å². The molecule has 1 aliphatic rings. The second-order valence-corrected chi connectivity index (χ2v) is 7.06. The van der Waals surface area contributed by atoms with Gasteiger partial charge in [-0.3, -0.25) is 9.69 Å². The van der Waals surface area contributed by atoms with E-state index in [1.54, 1.807) is 12.1 Å². The van der Waals surface area contributed by atoms with Crippen LogP contribution in [-0.4, -0.2) is 40.0 Å². The van der Waals surface area contributed by atoms with Crippen molar-refractivity contribution in [3.63, 3.8) is 0 Å². The lowest BCUT2D eigenvalue weighted by atomic mass is 9.96. The number of anilines is 1. The zero-order valence-electron chi connectivity index (χ0n) is 14.6. The molecule has 0 saturated carbocycles. The van der Waals surface area contributed by atoms with Gasteiger partial charge < -0.3 is 9.88 Å². The summed E-state index contributed by atoms with van der Waals surface area (Å²) >= 11 is 5.86. The molecule has 2 heterocycles. The van der Waals surface area contributed by atoms with Gasteiger partial charge in [-0.2, -0.15) is 0 Å². The Hall–Kier alpha value is -1.85. The van der Waals surface area contributed by atoms with Gasteiger partial charge in [0.2, 0.25) is 5.91 Å². The van der Waals surface area contributed by atoms with Crippen molar-refractivity contribution in [1.82, 2.24) is 14.5 Å². The molecule has 6 heteroatoms. The lowest BCUT2D eigenvalue weighted by Crippen LogP contribution is -2.40. The number of rotatable bonds is 6. The van der Waals surface area contributed by atoms with Gasteiger partial charge in [-0.25, -0.2) is 4.98 Å². The summed E-state index contributed by atoms with van der Waals surface area (Å²) in [6, 6.07) is 7.21. The number of amides is 1. The predicted octanol–water partition coefficient (Wildman–Crippen LogP) is 3.45. The molecule has 5 nitrogen and oxygen atoms in total. The molecular formula is C19H25ClN4O. The largest absolute Gasteiger partial charge is 0.335 e. The molecule has 25 heavy (non-hydrogen) atoms. The monoisotopic (exact) mass is 360 g/mol. The molecule has 0 spiro atoms. The van der Waals surface area contributed by atoms with Crippen molar-refractivity contribution in [2.45, 2.75) is 32.7 Å². The van der Waals surface area contributed by atoms with Crippen LogP contribution in [0.3, 0.4) is 0 Å². The second kappa shape index (κ2) is 8.50. The molecule has 0 radical (unpaired) electrons. The maximum Gasteiger partial charge on any atom is 0.238 e. The van der Waals surface area contributed by atoms with Gasteiger partial charge in [0, 0.05) is 36.1 Å². The summed E-state index contributed by atoms with van der Waals surface area (Å²) in [4.78, 5) is 18.8. The third-order valence-electron chi connectivity index (χ3n) is 4.78. The van der Waals surface area contributed by atoms with Gasteiger partial charge in [0.1, 0.15) is 5.82 Å². The highest BCUT2D eigenvalue weighted by atomic mass is 35.5. The topological polar surface area (TPSA) is 50.2 Å². The minimum atomic E-state index is 0.0312. The minimum Gasteiger partial charge on any atom is -0.335 e. The Morgan fingerprint density at radius 2 is 2.00 bits per heavy atom. The summed E-state index contributed by atoms with van der Waals surface area (Å²) in [5.41, 5.74) is 0.788. The van der Waals surface area contributed by atoms with Gasteiger partial charge >= 0.3 is 0 Å². The lowest BCUT2D eigenvalue weighted by Gasteiger charge is -2.31. The number of carbonyl (C=O) groups is 1. The van der Waals surface area contributed by atoms with E-state index in [4.69, 9.17) is 11.6 Å². The summed E-state index contributed by atoms with van der Waals surface area (Å²) in [6.07, 6.45) is 7.17. The first kappa shape index (κ1) is 18.0. The molecule has 1 saturated heterocycles. The Kier molecular flexibility index (Phi) is 6.10. The van der Waals surface area contributed by atoms with Crippen molar-refractivity contribution in [2.24, 2.45) is 5.92 Å². The maximum atomic E-state index is 12.2. The smallest absolute Gasteiger partial charge is 0.238 e. The zero-order chi connectivity index (χ0) is 17.6. The number of piperidine rings is 1. The average molecular weight is 361 g/mol. The number of hydrogen-bond donors (Lipinski definition) is 1. The third kappa shape index (κ3) is 5.06. The number of nitrogens with zero attached hydrogens (tertiary/aromatic N) is 3. The summed E-state index contributed by atoms with van der Waals surface area (Å²) in [5.74, 6) is 1.85. The van der Waals surface area contributed by atoms with Crippen molar-refractivity contribution in [3.05, 3.63) is 47.5 Å². The van der Waals surface area contributed by atoms with E-state index in [-0.39, 0.29) is 5.91 Å². The second-order valence-electron chi connectivity index (χ2n) is 6.62. The SMILES string of the molecule is CCc1nccn1CC1CCN(CC(=O)Nc2ccc(Cl)cc2)CC1. The van der Waals surface area contributed by atoms with E-state index < -0.39 is 0 Å². The quantitative estimate of drug-likeness (QED) is 0.858. The average Bonchev–Trinajstić information content (AvgIpc) is 3.06. The number of aryl methyl sites for hydroxylation is 1. The van der Waals surface area contributed by atoms with Gasteiger partial charge in [0.25, 0.3) is 0 Å². The van der Waals surface area contributed by atoms with E-state index in [0.29, 0.717) is 17.5 Å². The van der Waals surface area contributed by atoms with Crippen molar-refractivity contribution < 1.29 is 4.79 Å². The van der Waals surface area contributed by atoms with E-state index >= 15 is 0 Å². The molecule has 1 aromatic heterocycles. The Labute approximate surface area is 154 Å². The molecule has 2 aromatic rings. The number of halogens is 1. The number of imidazole rings is 1. The van der Waals surface area contributed by atoms with Crippen LogP contribution in [0.5, 0.6) is 0 Å². The van der Waals surface area contributed by atoms with E-state index in [9.17, 15) is 4.79 Å². The first-order valence-electron chi connectivity index (χ1n) is 8.92. The van der Waals surface area contributed by atoms with Crippen LogP contribution < -0.4 is 5.32 Å². The fraction of sp³-hybridized carbons (Fsp3) is 0.474. The molecule has 134 valence electrons. The number of carbonyl (C=O) groups excluding carboxylic acids is 1. The van der Waals surface area contributed by atoms with Gasteiger partial charge in [0.05, 0.1) is 6.54 Å². The molecule has 3 rings (SSSR count). The Balaban J connectivity index is 1.43. The fourth-order valence-corrected chi connectivity index (χ4v) is 3.49. The summed E-state index contributed by atoms with van der Waals surface area (Å²) in [7, 11) is 0. The van der Waals surface area contributed by atoms with E-state index in [1.165, 1.54) is 0 Å². The van der Waals surface area contributed by atoms with E-state index in [2.05, 4.69) is 32.9 Å². The lowest BCUT2D eigenvalue weighted by molar-refractivity contribution is -0.117. The third-order valence-corrected chi connectivity index (χ3v) is 5.03. The van der Waals surface area contributed by atoms with Crippen molar-refractivity contribution in [1.29, 1.82) is 0 Å². The fourth-order valence-electron chi connectivity index (χ4n) is 3.36. The molecule has 1 amide bonds. The van der Waals surface area contributed by atoms with Crippen LogP contribution in [0.15, 0.2) is 36.7 Å². The Morgan fingerprint density at radius 1 is 1.28 bits per heavy atom. The van der Waals surface area contributed by atoms with E-state index in [0.717, 1.165) is 50.4 Å². The first-order chi connectivity index (χ1) is 12.1. The Bertz CT molecular complexity index is 690. The van der Waals surface area contributed by atoms with Crippen LogP contribution >= 0.6 is 11.6 Å².